The zero-order valence-corrected chi connectivity index (χ0v) is 23.4. The second-order valence-corrected chi connectivity index (χ2v) is 10.4. The highest BCUT2D eigenvalue weighted by molar-refractivity contribution is 5.84. The van der Waals surface area contributed by atoms with Gasteiger partial charge in [-0.15, -0.1) is 0 Å². The van der Waals surface area contributed by atoms with Gasteiger partial charge in [0.25, 0.3) is 0 Å². The van der Waals surface area contributed by atoms with Crippen molar-refractivity contribution >= 4 is 16.9 Å². The molecule has 42 heavy (non-hydrogen) atoms. The van der Waals surface area contributed by atoms with Crippen molar-refractivity contribution in [3.05, 3.63) is 52.9 Å². The van der Waals surface area contributed by atoms with E-state index in [1.165, 1.54) is 25.5 Å². The fourth-order valence-corrected chi connectivity index (χ4v) is 5.19. The van der Waals surface area contributed by atoms with E-state index >= 15 is 0 Å². The van der Waals surface area contributed by atoms with Gasteiger partial charge in [0.1, 0.15) is 48.6 Å². The Kier molecular flexibility index (Phi) is 9.29. The molecule has 12 nitrogen and oxygen atoms in total. The Morgan fingerprint density at radius 3 is 2.40 bits per heavy atom. The number of carbonyl (C=O) groups is 1. The van der Waals surface area contributed by atoms with Crippen molar-refractivity contribution in [3.63, 3.8) is 0 Å². The molecule has 5 atom stereocenters. The predicted molar refractivity (Wildman–Crippen MR) is 150 cm³/mol. The molecule has 2 fully saturated rings. The summed E-state index contributed by atoms with van der Waals surface area (Å²) in [6.45, 7) is 1.35. The van der Waals surface area contributed by atoms with Crippen molar-refractivity contribution in [2.24, 2.45) is 5.92 Å². The number of benzene rings is 2. The van der Waals surface area contributed by atoms with E-state index in [1.807, 2.05) is 0 Å². The first-order chi connectivity index (χ1) is 20.3. The standard InChI is InChI=1S/C30H35NO11/c1-37-18-5-3-17(4-6-18)20-14-39-21-13-23(22(38-2)12-19(21)26(20)33)41-30-29(36)28(35)27(34)24(42-30)15-40-25(32)11-16-7-9-31-10-8-16/h3-6,12-14,16,24,27-31,34-36H,7-11,15H2,1-2H3. The van der Waals surface area contributed by atoms with E-state index in [4.69, 9.17) is 28.1 Å². The number of aliphatic hydroxyl groups excluding tert-OH is 3. The van der Waals surface area contributed by atoms with Crippen LogP contribution < -0.4 is 25.0 Å². The van der Waals surface area contributed by atoms with Gasteiger partial charge in [-0.25, -0.2) is 0 Å². The molecule has 0 spiro atoms. The average molecular weight is 586 g/mol. The molecule has 226 valence electrons. The highest BCUT2D eigenvalue weighted by Gasteiger charge is 2.46. The minimum absolute atomic E-state index is 0.0552. The number of hydrogen-bond donors (Lipinski definition) is 4. The van der Waals surface area contributed by atoms with E-state index < -0.39 is 36.7 Å². The van der Waals surface area contributed by atoms with Crippen LogP contribution in [-0.4, -0.2) is 85.9 Å². The van der Waals surface area contributed by atoms with Crippen LogP contribution >= 0.6 is 0 Å². The summed E-state index contributed by atoms with van der Waals surface area (Å²) in [5.41, 5.74) is 0.855. The van der Waals surface area contributed by atoms with Crippen molar-refractivity contribution in [2.45, 2.75) is 50.0 Å². The molecule has 4 N–H and O–H groups in total. The molecule has 1 aromatic heterocycles. The minimum atomic E-state index is -1.65. The number of ether oxygens (including phenoxy) is 5. The van der Waals surface area contributed by atoms with Crippen LogP contribution in [0.25, 0.3) is 22.1 Å². The van der Waals surface area contributed by atoms with Crippen molar-refractivity contribution in [3.8, 4) is 28.4 Å². The van der Waals surface area contributed by atoms with Gasteiger partial charge < -0.3 is 48.7 Å². The Balaban J connectivity index is 1.32. The highest BCUT2D eigenvalue weighted by atomic mass is 16.7. The monoisotopic (exact) mass is 585 g/mol. The molecule has 0 radical (unpaired) electrons. The van der Waals surface area contributed by atoms with Crippen LogP contribution in [-0.2, 0) is 14.3 Å². The maximum absolute atomic E-state index is 13.3. The molecular formula is C30H35NO11. The first kappa shape index (κ1) is 29.8. The fourth-order valence-electron chi connectivity index (χ4n) is 5.19. The van der Waals surface area contributed by atoms with Crippen molar-refractivity contribution < 1.29 is 48.2 Å². The molecule has 3 heterocycles. The van der Waals surface area contributed by atoms with Gasteiger partial charge in [0.15, 0.2) is 11.5 Å². The first-order valence-corrected chi connectivity index (χ1v) is 13.8. The van der Waals surface area contributed by atoms with Gasteiger partial charge in [-0.1, -0.05) is 12.1 Å². The third-order valence-electron chi connectivity index (χ3n) is 7.69. The number of rotatable bonds is 9. The lowest BCUT2D eigenvalue weighted by molar-refractivity contribution is -0.278. The first-order valence-electron chi connectivity index (χ1n) is 13.8. The minimum Gasteiger partial charge on any atom is -0.497 e. The summed E-state index contributed by atoms with van der Waals surface area (Å²) >= 11 is 0. The molecule has 0 amide bonds. The lowest BCUT2D eigenvalue weighted by Crippen LogP contribution is -2.60. The summed E-state index contributed by atoms with van der Waals surface area (Å²) in [5, 5.41) is 35.0. The van der Waals surface area contributed by atoms with Gasteiger partial charge in [0.2, 0.25) is 11.7 Å². The maximum atomic E-state index is 13.3. The molecule has 2 saturated heterocycles. The summed E-state index contributed by atoms with van der Waals surface area (Å²) < 4.78 is 33.3. The molecule has 2 aliphatic rings. The topological polar surface area (TPSA) is 166 Å². The lowest BCUT2D eigenvalue weighted by atomic mass is 9.95. The van der Waals surface area contributed by atoms with Crippen molar-refractivity contribution in [2.75, 3.05) is 33.9 Å². The Labute approximate surface area is 241 Å². The number of hydrogen-bond acceptors (Lipinski definition) is 12. The molecule has 2 aromatic carbocycles. The Morgan fingerprint density at radius 1 is 0.976 bits per heavy atom. The van der Waals surface area contributed by atoms with Gasteiger partial charge >= 0.3 is 5.97 Å². The number of piperidine rings is 1. The summed E-state index contributed by atoms with van der Waals surface area (Å²) in [4.78, 5) is 25.7. The fraction of sp³-hybridized carbons (Fsp3) is 0.467. The van der Waals surface area contributed by atoms with E-state index in [1.54, 1.807) is 31.4 Å². The van der Waals surface area contributed by atoms with Gasteiger partial charge in [-0.3, -0.25) is 9.59 Å². The van der Waals surface area contributed by atoms with E-state index in [-0.39, 0.29) is 46.8 Å². The van der Waals surface area contributed by atoms with Crippen LogP contribution in [0, 0.1) is 5.92 Å². The maximum Gasteiger partial charge on any atom is 0.306 e. The molecule has 3 aromatic rings. The summed E-state index contributed by atoms with van der Waals surface area (Å²) in [6.07, 6.45) is -4.13. The van der Waals surface area contributed by atoms with Crippen LogP contribution in [0.2, 0.25) is 0 Å². The third-order valence-corrected chi connectivity index (χ3v) is 7.69. The summed E-state index contributed by atoms with van der Waals surface area (Å²) in [7, 11) is 2.93. The zero-order chi connectivity index (χ0) is 29.8. The normalized spacial score (nSPS) is 24.7. The van der Waals surface area contributed by atoms with E-state index in [9.17, 15) is 24.9 Å². The van der Waals surface area contributed by atoms with E-state index in [0.717, 1.165) is 25.9 Å². The van der Waals surface area contributed by atoms with Gasteiger partial charge in [0, 0.05) is 12.5 Å². The molecule has 0 saturated carbocycles. The molecule has 0 aliphatic carbocycles. The lowest BCUT2D eigenvalue weighted by Gasteiger charge is -2.40. The number of nitrogens with one attached hydrogen (secondary N) is 1. The van der Waals surface area contributed by atoms with Crippen LogP contribution in [0.15, 0.2) is 51.9 Å². The quantitative estimate of drug-likeness (QED) is 0.268. The second kappa shape index (κ2) is 13.1. The number of fused-ring (bicyclic) bond motifs is 1. The second-order valence-electron chi connectivity index (χ2n) is 10.4. The Morgan fingerprint density at radius 2 is 1.71 bits per heavy atom. The molecule has 0 bridgehead atoms. The molecule has 2 aliphatic heterocycles. The van der Waals surface area contributed by atoms with E-state index in [2.05, 4.69) is 5.32 Å². The van der Waals surface area contributed by atoms with Crippen LogP contribution in [0.3, 0.4) is 0 Å². The molecule has 5 rings (SSSR count). The van der Waals surface area contributed by atoms with Crippen molar-refractivity contribution in [1.29, 1.82) is 0 Å². The molecule has 12 heteroatoms. The van der Waals surface area contributed by atoms with Crippen LogP contribution in [0.4, 0.5) is 0 Å². The SMILES string of the molecule is COc1ccc(-c2coc3cc(OC4OC(COC(=O)CC5CCNCC5)C(O)C(O)C4O)c(OC)cc3c2=O)cc1. The van der Waals surface area contributed by atoms with Crippen molar-refractivity contribution in [1.82, 2.24) is 5.32 Å². The molecule has 5 unspecified atom stereocenters. The number of methoxy groups -OCH3 is 2. The third kappa shape index (κ3) is 6.37. The number of aliphatic hydroxyl groups is 3. The number of carbonyl (C=O) groups excluding carboxylic acids is 1. The summed E-state index contributed by atoms with van der Waals surface area (Å²) in [5.74, 6) is 0.626. The van der Waals surface area contributed by atoms with Crippen LogP contribution in [0.5, 0.6) is 17.2 Å². The average Bonchev–Trinajstić information content (AvgIpc) is 3.01. The van der Waals surface area contributed by atoms with E-state index in [0.29, 0.717) is 16.9 Å². The largest absolute Gasteiger partial charge is 0.497 e. The van der Waals surface area contributed by atoms with Gasteiger partial charge in [0.05, 0.1) is 25.2 Å². The predicted octanol–water partition coefficient (Wildman–Crippen LogP) is 1.60. The summed E-state index contributed by atoms with van der Waals surface area (Å²) in [6, 6.07) is 9.82. The van der Waals surface area contributed by atoms with Crippen LogP contribution in [0.1, 0.15) is 19.3 Å². The molecular weight excluding hydrogens is 550 g/mol. The highest BCUT2D eigenvalue weighted by Crippen LogP contribution is 2.35. The number of esters is 1. The Hall–Kier alpha value is -3.68. The van der Waals surface area contributed by atoms with Gasteiger partial charge in [-0.05, 0) is 55.6 Å². The van der Waals surface area contributed by atoms with Gasteiger partial charge in [-0.2, -0.15) is 0 Å². The Bertz CT molecular complexity index is 1430. The zero-order valence-electron chi connectivity index (χ0n) is 23.4. The smallest absolute Gasteiger partial charge is 0.306 e.